The Balaban J connectivity index is 2.12. The topological polar surface area (TPSA) is 17.1 Å². The lowest BCUT2D eigenvalue weighted by Gasteiger charge is -2.01. The van der Waals surface area contributed by atoms with Crippen LogP contribution in [0.15, 0.2) is 52.3 Å². The number of rotatable bonds is 2. The fourth-order valence-corrected chi connectivity index (χ4v) is 3.66. The minimum absolute atomic E-state index is 0.0874. The molecule has 0 unspecified atom stereocenters. The molecule has 0 atom stereocenters. The third kappa shape index (κ3) is 2.24. The largest absolute Gasteiger partial charge is 0.289 e. The number of hydrogen-bond donors (Lipinski definition) is 0. The standard InChI is InChI=1S/C16H11BrOS/c1-10-5-7-11(8-6-10)15(18)13-9-19-16-12(13)3-2-4-14(16)17/h2-9H,1H3. The zero-order valence-corrected chi connectivity index (χ0v) is 12.7. The lowest BCUT2D eigenvalue weighted by molar-refractivity contribution is 0.104. The molecule has 94 valence electrons. The highest BCUT2D eigenvalue weighted by molar-refractivity contribution is 9.10. The Hall–Kier alpha value is -1.45. The van der Waals surface area contributed by atoms with Gasteiger partial charge in [0, 0.05) is 31.1 Å². The van der Waals surface area contributed by atoms with Crippen molar-refractivity contribution >= 4 is 43.1 Å². The van der Waals surface area contributed by atoms with E-state index < -0.39 is 0 Å². The van der Waals surface area contributed by atoms with Crippen molar-refractivity contribution in [3.63, 3.8) is 0 Å². The average molecular weight is 331 g/mol. The van der Waals surface area contributed by atoms with Gasteiger partial charge < -0.3 is 0 Å². The van der Waals surface area contributed by atoms with Crippen molar-refractivity contribution in [3.05, 3.63) is 69.0 Å². The Labute approximate surface area is 124 Å². The Morgan fingerprint density at radius 3 is 2.58 bits per heavy atom. The molecule has 0 saturated heterocycles. The van der Waals surface area contributed by atoms with Gasteiger partial charge in [0.1, 0.15) is 0 Å². The van der Waals surface area contributed by atoms with E-state index in [-0.39, 0.29) is 5.78 Å². The third-order valence-electron chi connectivity index (χ3n) is 3.11. The van der Waals surface area contributed by atoms with E-state index in [0.29, 0.717) is 0 Å². The summed E-state index contributed by atoms with van der Waals surface area (Å²) in [5, 5.41) is 2.96. The molecule has 0 aliphatic heterocycles. The van der Waals surface area contributed by atoms with E-state index in [4.69, 9.17) is 0 Å². The predicted octanol–water partition coefficient (Wildman–Crippen LogP) is 5.20. The van der Waals surface area contributed by atoms with Crippen LogP contribution in [0.5, 0.6) is 0 Å². The molecule has 0 radical (unpaired) electrons. The van der Waals surface area contributed by atoms with Gasteiger partial charge in [-0.05, 0) is 28.9 Å². The first-order valence-corrected chi connectivity index (χ1v) is 7.61. The molecule has 0 N–H and O–H groups in total. The van der Waals surface area contributed by atoms with Gasteiger partial charge in [-0.2, -0.15) is 0 Å². The molecule has 1 aromatic heterocycles. The number of carbonyl (C=O) groups is 1. The van der Waals surface area contributed by atoms with E-state index in [2.05, 4.69) is 15.9 Å². The minimum Gasteiger partial charge on any atom is -0.289 e. The van der Waals surface area contributed by atoms with Crippen LogP contribution in [-0.2, 0) is 0 Å². The van der Waals surface area contributed by atoms with Crippen molar-refractivity contribution in [1.29, 1.82) is 0 Å². The number of hydrogen-bond acceptors (Lipinski definition) is 2. The van der Waals surface area contributed by atoms with Gasteiger partial charge in [-0.25, -0.2) is 0 Å². The molecule has 0 spiro atoms. The quantitative estimate of drug-likeness (QED) is 0.590. The van der Waals surface area contributed by atoms with Gasteiger partial charge in [-0.15, -0.1) is 11.3 Å². The fourth-order valence-electron chi connectivity index (χ4n) is 2.06. The van der Waals surface area contributed by atoms with Crippen LogP contribution in [0.2, 0.25) is 0 Å². The zero-order chi connectivity index (χ0) is 13.4. The van der Waals surface area contributed by atoms with Gasteiger partial charge in [-0.1, -0.05) is 42.0 Å². The fraction of sp³-hybridized carbons (Fsp3) is 0.0625. The number of aryl methyl sites for hydroxylation is 1. The maximum atomic E-state index is 12.5. The molecule has 1 heterocycles. The highest BCUT2D eigenvalue weighted by Crippen LogP contribution is 2.33. The van der Waals surface area contributed by atoms with Crippen molar-refractivity contribution in [2.75, 3.05) is 0 Å². The first kappa shape index (κ1) is 12.6. The lowest BCUT2D eigenvalue weighted by Crippen LogP contribution is -1.99. The molecule has 19 heavy (non-hydrogen) atoms. The van der Waals surface area contributed by atoms with E-state index in [0.717, 1.165) is 31.2 Å². The van der Waals surface area contributed by atoms with Crippen LogP contribution in [0.3, 0.4) is 0 Å². The number of halogens is 1. The van der Waals surface area contributed by atoms with Crippen molar-refractivity contribution in [2.24, 2.45) is 0 Å². The summed E-state index contributed by atoms with van der Waals surface area (Å²) in [6.07, 6.45) is 0. The Kier molecular flexibility index (Phi) is 3.25. The minimum atomic E-state index is 0.0874. The monoisotopic (exact) mass is 330 g/mol. The summed E-state index contributed by atoms with van der Waals surface area (Å²) in [7, 11) is 0. The molecule has 0 aliphatic carbocycles. The predicted molar refractivity (Wildman–Crippen MR) is 84.1 cm³/mol. The van der Waals surface area contributed by atoms with Crippen LogP contribution >= 0.6 is 27.3 Å². The van der Waals surface area contributed by atoms with Crippen LogP contribution in [0.25, 0.3) is 10.1 Å². The van der Waals surface area contributed by atoms with Crippen molar-refractivity contribution in [1.82, 2.24) is 0 Å². The molecular formula is C16H11BrOS. The first-order valence-electron chi connectivity index (χ1n) is 5.94. The normalized spacial score (nSPS) is 10.8. The Morgan fingerprint density at radius 2 is 1.84 bits per heavy atom. The molecule has 0 bridgehead atoms. The van der Waals surface area contributed by atoms with E-state index in [1.54, 1.807) is 11.3 Å². The molecule has 0 amide bonds. The highest BCUT2D eigenvalue weighted by atomic mass is 79.9. The maximum Gasteiger partial charge on any atom is 0.194 e. The van der Waals surface area contributed by atoms with Gasteiger partial charge in [0.2, 0.25) is 0 Å². The maximum absolute atomic E-state index is 12.5. The van der Waals surface area contributed by atoms with E-state index in [1.165, 1.54) is 0 Å². The summed E-state index contributed by atoms with van der Waals surface area (Å²) in [4.78, 5) is 12.5. The molecule has 0 saturated carbocycles. The number of ketones is 1. The Morgan fingerprint density at radius 1 is 1.11 bits per heavy atom. The molecule has 3 heteroatoms. The average Bonchev–Trinajstić information content (AvgIpc) is 2.84. The molecular weight excluding hydrogens is 320 g/mol. The summed E-state index contributed by atoms with van der Waals surface area (Å²) in [5.41, 5.74) is 2.69. The summed E-state index contributed by atoms with van der Waals surface area (Å²) in [6, 6.07) is 13.7. The van der Waals surface area contributed by atoms with Crippen molar-refractivity contribution in [3.8, 4) is 0 Å². The van der Waals surface area contributed by atoms with Crippen LogP contribution in [-0.4, -0.2) is 5.78 Å². The zero-order valence-electron chi connectivity index (χ0n) is 10.3. The third-order valence-corrected chi connectivity index (χ3v) is 5.06. The second-order valence-corrected chi connectivity index (χ2v) is 6.20. The second kappa shape index (κ2) is 4.91. The number of carbonyl (C=O) groups excluding carboxylic acids is 1. The molecule has 0 aliphatic rings. The second-order valence-electron chi connectivity index (χ2n) is 4.46. The summed E-state index contributed by atoms with van der Waals surface area (Å²) < 4.78 is 2.16. The van der Waals surface area contributed by atoms with Crippen LogP contribution in [0, 0.1) is 6.92 Å². The van der Waals surface area contributed by atoms with E-state index >= 15 is 0 Å². The van der Waals surface area contributed by atoms with Crippen LogP contribution in [0.1, 0.15) is 21.5 Å². The van der Waals surface area contributed by atoms with Crippen LogP contribution < -0.4 is 0 Å². The van der Waals surface area contributed by atoms with Gasteiger partial charge >= 0.3 is 0 Å². The lowest BCUT2D eigenvalue weighted by atomic mass is 10.0. The molecule has 3 aromatic rings. The van der Waals surface area contributed by atoms with Gasteiger partial charge in [0.05, 0.1) is 0 Å². The van der Waals surface area contributed by atoms with E-state index in [1.807, 2.05) is 54.8 Å². The Bertz CT molecular complexity index is 756. The van der Waals surface area contributed by atoms with Crippen molar-refractivity contribution < 1.29 is 4.79 Å². The summed E-state index contributed by atoms with van der Waals surface area (Å²) in [5.74, 6) is 0.0874. The van der Waals surface area contributed by atoms with Crippen LogP contribution in [0.4, 0.5) is 0 Å². The van der Waals surface area contributed by atoms with Gasteiger partial charge in [0.15, 0.2) is 5.78 Å². The molecule has 1 nitrogen and oxygen atoms in total. The first-order chi connectivity index (χ1) is 9.16. The number of fused-ring (bicyclic) bond motifs is 1. The summed E-state index contributed by atoms with van der Waals surface area (Å²) in [6.45, 7) is 2.02. The van der Waals surface area contributed by atoms with Crippen molar-refractivity contribution in [2.45, 2.75) is 6.92 Å². The van der Waals surface area contributed by atoms with Gasteiger partial charge in [0.25, 0.3) is 0 Å². The summed E-state index contributed by atoms with van der Waals surface area (Å²) >= 11 is 5.12. The van der Waals surface area contributed by atoms with Gasteiger partial charge in [-0.3, -0.25) is 4.79 Å². The molecule has 2 aromatic carbocycles. The van der Waals surface area contributed by atoms with E-state index in [9.17, 15) is 4.79 Å². The smallest absolute Gasteiger partial charge is 0.194 e. The number of thiophene rings is 1. The molecule has 0 fully saturated rings. The SMILES string of the molecule is Cc1ccc(C(=O)c2csc3c(Br)cccc23)cc1. The number of benzene rings is 2. The highest BCUT2D eigenvalue weighted by Gasteiger charge is 2.15. The molecule has 3 rings (SSSR count).